The second-order valence-electron chi connectivity index (χ2n) is 4.30. The number of hydrogen-bond acceptors (Lipinski definition) is 3. The van der Waals surface area contributed by atoms with Crippen LogP contribution in [0.3, 0.4) is 0 Å². The van der Waals surface area contributed by atoms with Crippen LogP contribution in [0.1, 0.15) is 5.56 Å². The molecule has 7 heteroatoms. The number of benzene rings is 2. The fourth-order valence-electron chi connectivity index (χ4n) is 1.68. The van der Waals surface area contributed by atoms with Crippen LogP contribution in [0.15, 0.2) is 48.5 Å². The molecule has 2 aromatic rings. The van der Waals surface area contributed by atoms with Crippen LogP contribution in [0.25, 0.3) is 6.08 Å². The lowest BCUT2D eigenvalue weighted by atomic mass is 10.2. The summed E-state index contributed by atoms with van der Waals surface area (Å²) in [6, 6.07) is 8.35. The number of non-ortho nitro benzene ring substituents is 1. The van der Waals surface area contributed by atoms with Gasteiger partial charge in [0.2, 0.25) is 5.91 Å². The van der Waals surface area contributed by atoms with Gasteiger partial charge in [-0.25, -0.2) is 8.78 Å². The van der Waals surface area contributed by atoms with E-state index in [1.807, 2.05) is 0 Å². The predicted octanol–water partition coefficient (Wildman–Crippen LogP) is 3.52. The number of amides is 1. The van der Waals surface area contributed by atoms with E-state index in [4.69, 9.17) is 0 Å². The van der Waals surface area contributed by atoms with Gasteiger partial charge in [0, 0.05) is 18.2 Å². The maximum atomic E-state index is 13.5. The largest absolute Gasteiger partial charge is 0.320 e. The van der Waals surface area contributed by atoms with Gasteiger partial charge in [-0.15, -0.1) is 0 Å². The molecule has 112 valence electrons. The molecule has 0 saturated carbocycles. The van der Waals surface area contributed by atoms with Crippen LogP contribution in [0.2, 0.25) is 0 Å². The van der Waals surface area contributed by atoms with Gasteiger partial charge in [-0.05, 0) is 29.8 Å². The monoisotopic (exact) mass is 304 g/mol. The summed E-state index contributed by atoms with van der Waals surface area (Å²) >= 11 is 0. The third-order valence-electron chi connectivity index (χ3n) is 2.69. The number of halogens is 2. The normalized spacial score (nSPS) is 10.6. The van der Waals surface area contributed by atoms with Crippen molar-refractivity contribution in [3.63, 3.8) is 0 Å². The highest BCUT2D eigenvalue weighted by molar-refractivity contribution is 6.02. The highest BCUT2D eigenvalue weighted by Crippen LogP contribution is 2.21. The van der Waals surface area contributed by atoms with Gasteiger partial charge in [0.1, 0.15) is 11.6 Å². The van der Waals surface area contributed by atoms with Gasteiger partial charge in [-0.1, -0.05) is 12.1 Å². The van der Waals surface area contributed by atoms with Crippen molar-refractivity contribution in [1.29, 1.82) is 0 Å². The molecule has 0 aliphatic rings. The summed E-state index contributed by atoms with van der Waals surface area (Å²) in [4.78, 5) is 21.6. The molecule has 0 fully saturated rings. The Hall–Kier alpha value is -3.09. The van der Waals surface area contributed by atoms with Crippen molar-refractivity contribution in [2.75, 3.05) is 5.32 Å². The first-order valence-corrected chi connectivity index (χ1v) is 6.14. The van der Waals surface area contributed by atoms with E-state index in [1.165, 1.54) is 24.3 Å². The Bertz CT molecular complexity index is 760. The average Bonchev–Trinajstić information content (AvgIpc) is 2.47. The van der Waals surface area contributed by atoms with E-state index < -0.39 is 22.5 Å². The van der Waals surface area contributed by atoms with Crippen molar-refractivity contribution >= 4 is 23.4 Å². The van der Waals surface area contributed by atoms with Gasteiger partial charge in [-0.2, -0.15) is 0 Å². The number of anilines is 1. The molecule has 0 aliphatic carbocycles. The zero-order chi connectivity index (χ0) is 16.1. The molecule has 0 atom stereocenters. The summed E-state index contributed by atoms with van der Waals surface area (Å²) in [5, 5.41) is 12.8. The number of nitrogens with zero attached hydrogens (tertiary/aromatic N) is 1. The zero-order valence-corrected chi connectivity index (χ0v) is 11.1. The molecule has 0 aliphatic heterocycles. The Kier molecular flexibility index (Phi) is 4.57. The first-order valence-electron chi connectivity index (χ1n) is 6.14. The molecule has 0 heterocycles. The standard InChI is InChI=1S/C15H10F2N2O3/c16-11-3-1-2-10(8-11)4-7-15(20)18-14-9-12(19(21)22)5-6-13(14)17/h1-9H,(H,18,20). The van der Waals surface area contributed by atoms with Crippen LogP contribution < -0.4 is 5.32 Å². The first-order chi connectivity index (χ1) is 10.5. The number of hydrogen-bond donors (Lipinski definition) is 1. The SMILES string of the molecule is O=C(C=Cc1cccc(F)c1)Nc1cc([N+](=O)[O-])ccc1F. The summed E-state index contributed by atoms with van der Waals surface area (Å²) in [6.07, 6.45) is 2.42. The second-order valence-corrected chi connectivity index (χ2v) is 4.30. The number of carbonyl (C=O) groups is 1. The van der Waals surface area contributed by atoms with Crippen LogP contribution in [-0.4, -0.2) is 10.8 Å². The van der Waals surface area contributed by atoms with Crippen LogP contribution in [-0.2, 0) is 4.79 Å². The Morgan fingerprint density at radius 2 is 1.95 bits per heavy atom. The van der Waals surface area contributed by atoms with Gasteiger partial charge in [0.15, 0.2) is 0 Å². The second kappa shape index (κ2) is 6.57. The lowest BCUT2D eigenvalue weighted by Gasteiger charge is -2.03. The Morgan fingerprint density at radius 3 is 2.64 bits per heavy atom. The molecule has 1 amide bonds. The number of nitro groups is 1. The van der Waals surface area contributed by atoms with Gasteiger partial charge >= 0.3 is 0 Å². The fraction of sp³-hybridized carbons (Fsp3) is 0. The van der Waals surface area contributed by atoms with Gasteiger partial charge in [0.05, 0.1) is 10.6 Å². The highest BCUT2D eigenvalue weighted by atomic mass is 19.1. The number of nitro benzene ring substituents is 1. The summed E-state index contributed by atoms with van der Waals surface area (Å²) in [5.74, 6) is -1.94. The van der Waals surface area contributed by atoms with E-state index in [0.717, 1.165) is 24.3 Å². The molecule has 0 spiro atoms. The minimum Gasteiger partial charge on any atom is -0.320 e. The Balaban J connectivity index is 2.12. The number of carbonyl (C=O) groups excluding carboxylic acids is 1. The molecular formula is C15H10F2N2O3. The van der Waals surface area contributed by atoms with Crippen molar-refractivity contribution in [3.8, 4) is 0 Å². The number of nitrogens with one attached hydrogen (secondary N) is 1. The maximum Gasteiger partial charge on any atom is 0.271 e. The first kappa shape index (κ1) is 15.3. The molecule has 2 rings (SSSR count). The van der Waals surface area contributed by atoms with Crippen LogP contribution in [0, 0.1) is 21.7 Å². The molecule has 5 nitrogen and oxygen atoms in total. The Labute approximate surface area is 124 Å². The van der Waals surface area contributed by atoms with Gasteiger partial charge in [0.25, 0.3) is 5.69 Å². The van der Waals surface area contributed by atoms with E-state index in [2.05, 4.69) is 5.32 Å². The van der Waals surface area contributed by atoms with E-state index in [0.29, 0.717) is 5.56 Å². The fourth-order valence-corrected chi connectivity index (χ4v) is 1.68. The molecule has 1 N–H and O–H groups in total. The molecular weight excluding hydrogens is 294 g/mol. The van der Waals surface area contributed by atoms with E-state index in [1.54, 1.807) is 6.07 Å². The van der Waals surface area contributed by atoms with Crippen molar-refractivity contribution in [3.05, 3.63) is 75.9 Å². The molecule has 0 aromatic heterocycles. The topological polar surface area (TPSA) is 72.2 Å². The quantitative estimate of drug-likeness (QED) is 0.533. The summed E-state index contributed by atoms with van der Waals surface area (Å²) in [6.45, 7) is 0. The van der Waals surface area contributed by atoms with E-state index in [9.17, 15) is 23.7 Å². The van der Waals surface area contributed by atoms with Crippen molar-refractivity contribution in [2.24, 2.45) is 0 Å². The lowest BCUT2D eigenvalue weighted by molar-refractivity contribution is -0.384. The molecule has 0 unspecified atom stereocenters. The minimum atomic E-state index is -0.793. The van der Waals surface area contributed by atoms with Crippen molar-refractivity contribution in [2.45, 2.75) is 0 Å². The molecule has 0 radical (unpaired) electrons. The van der Waals surface area contributed by atoms with Gasteiger partial charge in [-0.3, -0.25) is 14.9 Å². The van der Waals surface area contributed by atoms with Gasteiger partial charge < -0.3 is 5.32 Å². The predicted molar refractivity (Wildman–Crippen MR) is 77.1 cm³/mol. The Morgan fingerprint density at radius 1 is 1.18 bits per heavy atom. The van der Waals surface area contributed by atoms with Crippen molar-refractivity contribution in [1.82, 2.24) is 0 Å². The smallest absolute Gasteiger partial charge is 0.271 e. The zero-order valence-electron chi connectivity index (χ0n) is 11.1. The minimum absolute atomic E-state index is 0.303. The van der Waals surface area contributed by atoms with Crippen LogP contribution >= 0.6 is 0 Å². The van der Waals surface area contributed by atoms with Crippen LogP contribution in [0.4, 0.5) is 20.2 Å². The maximum absolute atomic E-state index is 13.5. The molecule has 0 saturated heterocycles. The van der Waals surface area contributed by atoms with E-state index >= 15 is 0 Å². The summed E-state index contributed by atoms with van der Waals surface area (Å²) < 4.78 is 26.5. The molecule has 22 heavy (non-hydrogen) atoms. The average molecular weight is 304 g/mol. The van der Waals surface area contributed by atoms with Crippen molar-refractivity contribution < 1.29 is 18.5 Å². The summed E-state index contributed by atoms with van der Waals surface area (Å²) in [5.41, 5.74) is -0.191. The molecule has 2 aromatic carbocycles. The highest BCUT2D eigenvalue weighted by Gasteiger charge is 2.11. The third-order valence-corrected chi connectivity index (χ3v) is 2.69. The number of rotatable bonds is 4. The third kappa shape index (κ3) is 3.95. The van der Waals surface area contributed by atoms with Crippen LogP contribution in [0.5, 0.6) is 0 Å². The van der Waals surface area contributed by atoms with E-state index in [-0.39, 0.29) is 11.4 Å². The lowest BCUT2D eigenvalue weighted by Crippen LogP contribution is -2.09. The summed E-state index contributed by atoms with van der Waals surface area (Å²) in [7, 11) is 0. The molecule has 0 bridgehead atoms.